The van der Waals surface area contributed by atoms with Crippen molar-refractivity contribution in [3.05, 3.63) is 93.2 Å². The zero-order chi connectivity index (χ0) is 26.1. The number of halogens is 3. The maximum atomic E-state index is 13.5. The van der Waals surface area contributed by atoms with Crippen LogP contribution in [0.15, 0.2) is 66.0 Å². The largest absolute Gasteiger partial charge is 0.416 e. The van der Waals surface area contributed by atoms with Crippen molar-refractivity contribution in [3.8, 4) is 0 Å². The van der Waals surface area contributed by atoms with E-state index in [1.54, 1.807) is 16.2 Å². The summed E-state index contributed by atoms with van der Waals surface area (Å²) in [4.78, 5) is 30.8. The number of thiophene rings is 1. The van der Waals surface area contributed by atoms with Crippen LogP contribution in [0.5, 0.6) is 0 Å². The van der Waals surface area contributed by atoms with Crippen LogP contribution in [-0.2, 0) is 28.8 Å². The third-order valence-corrected chi connectivity index (χ3v) is 6.71. The average molecular weight is 519 g/mol. The van der Waals surface area contributed by atoms with Crippen LogP contribution in [0.2, 0.25) is 0 Å². The van der Waals surface area contributed by atoms with Crippen molar-refractivity contribution in [3.63, 3.8) is 0 Å². The van der Waals surface area contributed by atoms with Crippen molar-refractivity contribution < 1.29 is 27.5 Å². The van der Waals surface area contributed by atoms with Gasteiger partial charge in [-0.25, -0.2) is 0 Å². The Labute approximate surface area is 213 Å². The molecular formula is C27H29F3N2O3S. The number of amides is 2. The van der Waals surface area contributed by atoms with Crippen molar-refractivity contribution in [1.82, 2.24) is 9.80 Å². The molecule has 0 unspecified atom stereocenters. The molecule has 0 aliphatic heterocycles. The number of methoxy groups -OCH3 is 1. The first kappa shape index (κ1) is 27.4. The molecule has 0 spiro atoms. The number of alkyl halides is 3. The molecule has 2 amide bonds. The minimum atomic E-state index is -4.57. The molecule has 9 heteroatoms. The van der Waals surface area contributed by atoms with Gasteiger partial charge in [0.15, 0.2) is 0 Å². The van der Waals surface area contributed by atoms with E-state index in [1.165, 1.54) is 24.1 Å². The van der Waals surface area contributed by atoms with Gasteiger partial charge in [-0.2, -0.15) is 13.2 Å². The van der Waals surface area contributed by atoms with Crippen LogP contribution in [-0.4, -0.2) is 48.4 Å². The first-order valence-corrected chi connectivity index (χ1v) is 12.4. The molecule has 0 fully saturated rings. The molecule has 0 saturated carbocycles. The molecule has 1 heterocycles. The van der Waals surface area contributed by atoms with E-state index < -0.39 is 17.6 Å². The first-order valence-electron chi connectivity index (χ1n) is 11.5. The van der Waals surface area contributed by atoms with Gasteiger partial charge >= 0.3 is 6.18 Å². The standard InChI is InChI=1S/C27H29F3N2O3S/c1-20-12-15-36-24(20)18-32(17-21-8-4-3-5-9-21)25(33)19-31(13-7-14-35-2)26(34)22-10-6-11-23(16-22)27(28,29)30/h3-6,8-12,15-16H,7,13-14,17-19H2,1-2H3. The summed E-state index contributed by atoms with van der Waals surface area (Å²) in [6.45, 7) is 2.97. The highest BCUT2D eigenvalue weighted by Crippen LogP contribution is 2.30. The van der Waals surface area contributed by atoms with Crippen LogP contribution in [0.1, 0.15) is 38.3 Å². The number of ether oxygens (including phenoxy) is 1. The first-order chi connectivity index (χ1) is 17.2. The third kappa shape index (κ3) is 7.66. The van der Waals surface area contributed by atoms with Crippen LogP contribution in [0.3, 0.4) is 0 Å². The number of hydrogen-bond donors (Lipinski definition) is 0. The highest BCUT2D eigenvalue weighted by molar-refractivity contribution is 7.10. The fraction of sp³-hybridized carbons (Fsp3) is 0.333. The van der Waals surface area contributed by atoms with E-state index in [1.807, 2.05) is 48.7 Å². The summed E-state index contributed by atoms with van der Waals surface area (Å²) >= 11 is 1.55. The van der Waals surface area contributed by atoms with Gasteiger partial charge in [-0.15, -0.1) is 11.3 Å². The van der Waals surface area contributed by atoms with E-state index in [4.69, 9.17) is 4.74 Å². The molecule has 0 radical (unpaired) electrons. The molecule has 0 N–H and O–H groups in total. The Morgan fingerprint density at radius 2 is 1.72 bits per heavy atom. The van der Waals surface area contributed by atoms with Gasteiger partial charge in [0.2, 0.25) is 5.91 Å². The number of carbonyl (C=O) groups is 2. The third-order valence-electron chi connectivity index (χ3n) is 5.70. The Kier molecular flexibility index (Phi) is 9.66. The van der Waals surface area contributed by atoms with Crippen molar-refractivity contribution in [2.24, 2.45) is 0 Å². The van der Waals surface area contributed by atoms with E-state index in [2.05, 4.69) is 0 Å². The predicted molar refractivity (Wildman–Crippen MR) is 134 cm³/mol. The lowest BCUT2D eigenvalue weighted by molar-refractivity contribution is -0.137. The average Bonchev–Trinajstić information content (AvgIpc) is 3.27. The summed E-state index contributed by atoms with van der Waals surface area (Å²) in [7, 11) is 1.52. The SMILES string of the molecule is COCCCN(CC(=O)N(Cc1ccccc1)Cc1sccc1C)C(=O)c1cccc(C(F)(F)F)c1. The van der Waals surface area contributed by atoms with Gasteiger partial charge in [0.1, 0.15) is 6.54 Å². The normalized spacial score (nSPS) is 11.4. The number of rotatable bonds is 11. The fourth-order valence-corrected chi connectivity index (χ4v) is 4.62. The summed E-state index contributed by atoms with van der Waals surface area (Å²) in [5.74, 6) is -0.915. The molecule has 1 aromatic heterocycles. The summed E-state index contributed by atoms with van der Waals surface area (Å²) in [6, 6.07) is 15.8. The second kappa shape index (κ2) is 12.7. The van der Waals surface area contributed by atoms with Gasteiger partial charge in [-0.1, -0.05) is 36.4 Å². The van der Waals surface area contributed by atoms with Gasteiger partial charge < -0.3 is 14.5 Å². The molecule has 0 saturated heterocycles. The molecular weight excluding hydrogens is 489 g/mol. The van der Waals surface area contributed by atoms with E-state index >= 15 is 0 Å². The van der Waals surface area contributed by atoms with Gasteiger partial charge in [-0.3, -0.25) is 9.59 Å². The quantitative estimate of drug-likeness (QED) is 0.302. The number of hydrogen-bond acceptors (Lipinski definition) is 4. The Balaban J connectivity index is 1.84. The molecule has 0 bridgehead atoms. The Morgan fingerprint density at radius 3 is 2.36 bits per heavy atom. The van der Waals surface area contributed by atoms with E-state index in [0.29, 0.717) is 26.1 Å². The minimum absolute atomic E-state index is 0.112. The molecule has 3 rings (SSSR count). The molecule has 0 atom stereocenters. The lowest BCUT2D eigenvalue weighted by atomic mass is 10.1. The monoisotopic (exact) mass is 518 g/mol. The van der Waals surface area contributed by atoms with Gasteiger partial charge in [0.05, 0.1) is 12.1 Å². The van der Waals surface area contributed by atoms with Crippen LogP contribution >= 0.6 is 11.3 Å². The number of nitrogens with zero attached hydrogens (tertiary/aromatic N) is 2. The second-order valence-corrected chi connectivity index (χ2v) is 9.41. The van der Waals surface area contributed by atoms with Crippen LogP contribution in [0.4, 0.5) is 13.2 Å². The fourth-order valence-electron chi connectivity index (χ4n) is 3.70. The van der Waals surface area contributed by atoms with E-state index in [9.17, 15) is 22.8 Å². The number of benzene rings is 2. The van der Waals surface area contributed by atoms with Crippen molar-refractivity contribution in [2.45, 2.75) is 32.6 Å². The Hall–Kier alpha value is -3.17. The lowest BCUT2D eigenvalue weighted by Gasteiger charge is -2.28. The highest BCUT2D eigenvalue weighted by atomic mass is 32.1. The van der Waals surface area contributed by atoms with Crippen LogP contribution in [0, 0.1) is 6.92 Å². The van der Waals surface area contributed by atoms with Crippen molar-refractivity contribution >= 4 is 23.2 Å². The maximum absolute atomic E-state index is 13.5. The predicted octanol–water partition coefficient (Wildman–Crippen LogP) is 5.78. The van der Waals surface area contributed by atoms with Crippen LogP contribution in [0.25, 0.3) is 0 Å². The minimum Gasteiger partial charge on any atom is -0.385 e. The van der Waals surface area contributed by atoms with E-state index in [-0.39, 0.29) is 24.6 Å². The highest BCUT2D eigenvalue weighted by Gasteiger charge is 2.31. The second-order valence-electron chi connectivity index (χ2n) is 8.41. The molecule has 0 aliphatic carbocycles. The molecule has 5 nitrogen and oxygen atoms in total. The maximum Gasteiger partial charge on any atom is 0.416 e. The smallest absolute Gasteiger partial charge is 0.385 e. The molecule has 2 aromatic carbocycles. The summed E-state index contributed by atoms with van der Waals surface area (Å²) in [6.07, 6.45) is -4.13. The van der Waals surface area contributed by atoms with Crippen LogP contribution < -0.4 is 0 Å². The molecule has 0 aliphatic rings. The topological polar surface area (TPSA) is 49.9 Å². The summed E-state index contributed by atoms with van der Waals surface area (Å²) in [5, 5.41) is 1.96. The number of aryl methyl sites for hydroxylation is 1. The zero-order valence-electron chi connectivity index (χ0n) is 20.3. The van der Waals surface area contributed by atoms with Gasteiger partial charge in [-0.05, 0) is 54.1 Å². The summed E-state index contributed by atoms with van der Waals surface area (Å²) < 4.78 is 44.7. The van der Waals surface area contributed by atoms with Crippen molar-refractivity contribution in [2.75, 3.05) is 26.8 Å². The van der Waals surface area contributed by atoms with Gasteiger partial charge in [0, 0.05) is 37.2 Å². The Bertz CT molecular complexity index is 1150. The number of carbonyl (C=O) groups excluding carboxylic acids is 2. The molecule has 192 valence electrons. The van der Waals surface area contributed by atoms with E-state index in [0.717, 1.165) is 28.1 Å². The zero-order valence-corrected chi connectivity index (χ0v) is 21.1. The Morgan fingerprint density at radius 1 is 0.972 bits per heavy atom. The molecule has 3 aromatic rings. The summed E-state index contributed by atoms with van der Waals surface area (Å²) in [5.41, 5.74) is 0.993. The van der Waals surface area contributed by atoms with Crippen molar-refractivity contribution in [1.29, 1.82) is 0 Å². The molecule has 36 heavy (non-hydrogen) atoms. The van der Waals surface area contributed by atoms with Gasteiger partial charge in [0.25, 0.3) is 5.91 Å². The lowest BCUT2D eigenvalue weighted by Crippen LogP contribution is -2.43.